The van der Waals surface area contributed by atoms with Gasteiger partial charge in [-0.3, -0.25) is 4.79 Å². The third-order valence-corrected chi connectivity index (χ3v) is 4.22. The van der Waals surface area contributed by atoms with E-state index in [-0.39, 0.29) is 11.6 Å². The van der Waals surface area contributed by atoms with Gasteiger partial charge in [0.25, 0.3) is 0 Å². The van der Waals surface area contributed by atoms with Crippen molar-refractivity contribution in [1.29, 1.82) is 0 Å². The lowest BCUT2D eigenvalue weighted by Crippen LogP contribution is -3.12. The van der Waals surface area contributed by atoms with Gasteiger partial charge < -0.3 is 9.80 Å². The van der Waals surface area contributed by atoms with Crippen LogP contribution < -0.4 is 9.80 Å². The second-order valence-electron chi connectivity index (χ2n) is 5.83. The van der Waals surface area contributed by atoms with Crippen molar-refractivity contribution < 1.29 is 14.1 Å². The SMILES string of the molecule is C[NH+]1CCN(c2ccc(C(=O)c3ccc(F)cc3)cc2)CC1. The summed E-state index contributed by atoms with van der Waals surface area (Å²) in [5.41, 5.74) is 2.30. The number of carbonyl (C=O) groups is 1. The maximum Gasteiger partial charge on any atom is 0.193 e. The van der Waals surface area contributed by atoms with E-state index >= 15 is 0 Å². The first-order valence-electron chi connectivity index (χ1n) is 7.60. The van der Waals surface area contributed by atoms with E-state index in [1.54, 1.807) is 4.90 Å². The summed E-state index contributed by atoms with van der Waals surface area (Å²) in [6.45, 7) is 4.35. The molecule has 114 valence electrons. The molecule has 0 radical (unpaired) electrons. The van der Waals surface area contributed by atoms with E-state index in [1.165, 1.54) is 24.3 Å². The number of hydrogen-bond acceptors (Lipinski definition) is 2. The number of ketones is 1. The number of quaternary nitrogens is 1. The van der Waals surface area contributed by atoms with Crippen molar-refractivity contribution in [1.82, 2.24) is 0 Å². The van der Waals surface area contributed by atoms with Gasteiger partial charge in [0.15, 0.2) is 5.78 Å². The molecular formula is C18H20FN2O+. The van der Waals surface area contributed by atoms with Crippen LogP contribution in [0.15, 0.2) is 48.5 Å². The van der Waals surface area contributed by atoms with Crippen molar-refractivity contribution in [3.05, 3.63) is 65.5 Å². The average molecular weight is 299 g/mol. The van der Waals surface area contributed by atoms with Crippen molar-refractivity contribution in [2.75, 3.05) is 38.1 Å². The number of rotatable bonds is 3. The minimum absolute atomic E-state index is 0.0747. The Bertz CT molecular complexity index is 644. The van der Waals surface area contributed by atoms with Gasteiger partial charge in [0.2, 0.25) is 0 Å². The topological polar surface area (TPSA) is 24.8 Å². The van der Waals surface area contributed by atoms with Gasteiger partial charge in [-0.15, -0.1) is 0 Å². The standard InChI is InChI=1S/C18H19FN2O/c1-20-10-12-21(13-11-20)17-8-4-15(5-9-17)18(22)14-2-6-16(19)7-3-14/h2-9H,10-13H2,1H3/p+1. The van der Waals surface area contributed by atoms with Crippen LogP contribution in [0, 0.1) is 5.82 Å². The summed E-state index contributed by atoms with van der Waals surface area (Å²) in [6.07, 6.45) is 0. The molecule has 0 amide bonds. The van der Waals surface area contributed by atoms with Crippen molar-refractivity contribution in [3.63, 3.8) is 0 Å². The summed E-state index contributed by atoms with van der Waals surface area (Å²) in [7, 11) is 2.21. The monoisotopic (exact) mass is 299 g/mol. The molecule has 1 aliphatic heterocycles. The molecule has 0 spiro atoms. The molecule has 0 unspecified atom stereocenters. The molecule has 2 aromatic carbocycles. The van der Waals surface area contributed by atoms with E-state index < -0.39 is 0 Å². The highest BCUT2D eigenvalue weighted by atomic mass is 19.1. The second kappa shape index (κ2) is 6.28. The molecule has 2 aromatic rings. The third-order valence-electron chi connectivity index (χ3n) is 4.22. The molecule has 0 aromatic heterocycles. The first-order valence-corrected chi connectivity index (χ1v) is 7.60. The fraction of sp³-hybridized carbons (Fsp3) is 0.278. The van der Waals surface area contributed by atoms with Crippen LogP contribution in [0.3, 0.4) is 0 Å². The van der Waals surface area contributed by atoms with Gasteiger partial charge in [0, 0.05) is 16.8 Å². The maximum absolute atomic E-state index is 12.9. The number of piperazine rings is 1. The number of anilines is 1. The maximum atomic E-state index is 12.9. The molecule has 3 rings (SSSR count). The summed E-state index contributed by atoms with van der Waals surface area (Å²) >= 11 is 0. The van der Waals surface area contributed by atoms with E-state index in [0.29, 0.717) is 11.1 Å². The fourth-order valence-electron chi connectivity index (χ4n) is 2.74. The zero-order valence-electron chi connectivity index (χ0n) is 12.7. The van der Waals surface area contributed by atoms with Crippen molar-refractivity contribution in [2.45, 2.75) is 0 Å². The van der Waals surface area contributed by atoms with E-state index in [1.807, 2.05) is 24.3 Å². The van der Waals surface area contributed by atoms with Crippen LogP contribution in [0.4, 0.5) is 10.1 Å². The Morgan fingerprint density at radius 3 is 2.00 bits per heavy atom. The number of benzene rings is 2. The Hall–Kier alpha value is -2.20. The van der Waals surface area contributed by atoms with E-state index in [0.717, 1.165) is 31.9 Å². The van der Waals surface area contributed by atoms with Gasteiger partial charge in [-0.2, -0.15) is 0 Å². The number of likely N-dealkylation sites (N-methyl/N-ethyl adjacent to an activating group) is 1. The summed E-state index contributed by atoms with van der Waals surface area (Å²) < 4.78 is 12.9. The van der Waals surface area contributed by atoms with Gasteiger partial charge in [0.1, 0.15) is 5.82 Å². The smallest absolute Gasteiger partial charge is 0.193 e. The van der Waals surface area contributed by atoms with Crippen molar-refractivity contribution in [2.24, 2.45) is 0 Å². The van der Waals surface area contributed by atoms with Crippen LogP contribution in [0.1, 0.15) is 15.9 Å². The number of hydrogen-bond donors (Lipinski definition) is 1. The number of halogens is 1. The molecule has 0 atom stereocenters. The highest BCUT2D eigenvalue weighted by Gasteiger charge is 2.17. The zero-order valence-corrected chi connectivity index (χ0v) is 12.7. The summed E-state index contributed by atoms with van der Waals surface area (Å²) in [5, 5.41) is 0. The van der Waals surface area contributed by atoms with E-state index in [2.05, 4.69) is 11.9 Å². The molecule has 3 nitrogen and oxygen atoms in total. The van der Waals surface area contributed by atoms with Crippen LogP contribution >= 0.6 is 0 Å². The van der Waals surface area contributed by atoms with E-state index in [9.17, 15) is 9.18 Å². The quantitative estimate of drug-likeness (QED) is 0.867. The summed E-state index contributed by atoms with van der Waals surface area (Å²) in [6, 6.07) is 13.4. The minimum atomic E-state index is -0.330. The van der Waals surface area contributed by atoms with Crippen molar-refractivity contribution >= 4 is 11.5 Å². The lowest BCUT2D eigenvalue weighted by Gasteiger charge is -2.31. The molecular weight excluding hydrogens is 279 g/mol. The predicted molar refractivity (Wildman–Crippen MR) is 85.1 cm³/mol. The zero-order chi connectivity index (χ0) is 15.5. The number of carbonyl (C=O) groups excluding carboxylic acids is 1. The molecule has 1 saturated heterocycles. The first-order chi connectivity index (χ1) is 10.6. The first kappa shape index (κ1) is 14.7. The summed E-state index contributed by atoms with van der Waals surface area (Å²) in [4.78, 5) is 16.3. The lowest BCUT2D eigenvalue weighted by molar-refractivity contribution is -0.880. The highest BCUT2D eigenvalue weighted by molar-refractivity contribution is 6.09. The van der Waals surface area contributed by atoms with Crippen LogP contribution in [-0.2, 0) is 0 Å². The van der Waals surface area contributed by atoms with Crippen LogP contribution in [0.25, 0.3) is 0 Å². The molecule has 0 aliphatic carbocycles. The Labute approximate surface area is 130 Å². The molecule has 1 aliphatic rings. The molecule has 4 heteroatoms. The van der Waals surface area contributed by atoms with E-state index in [4.69, 9.17) is 0 Å². The van der Waals surface area contributed by atoms with Gasteiger partial charge in [0.05, 0.1) is 33.2 Å². The predicted octanol–water partition coefficient (Wildman–Crippen LogP) is 1.39. The van der Waals surface area contributed by atoms with Gasteiger partial charge >= 0.3 is 0 Å². The normalized spacial score (nSPS) is 15.8. The second-order valence-corrected chi connectivity index (χ2v) is 5.83. The van der Waals surface area contributed by atoms with Crippen LogP contribution in [0.5, 0.6) is 0 Å². The molecule has 1 N–H and O–H groups in total. The average Bonchev–Trinajstić information content (AvgIpc) is 2.56. The minimum Gasteiger partial charge on any atom is -0.360 e. The number of nitrogens with zero attached hydrogens (tertiary/aromatic N) is 1. The third kappa shape index (κ3) is 3.17. The molecule has 0 saturated carbocycles. The highest BCUT2D eigenvalue weighted by Crippen LogP contribution is 2.17. The lowest BCUT2D eigenvalue weighted by atomic mass is 10.0. The van der Waals surface area contributed by atoms with Crippen LogP contribution in [0.2, 0.25) is 0 Å². The molecule has 0 bridgehead atoms. The van der Waals surface area contributed by atoms with Gasteiger partial charge in [-0.25, -0.2) is 4.39 Å². The van der Waals surface area contributed by atoms with Gasteiger partial charge in [-0.1, -0.05) is 0 Å². The Balaban J connectivity index is 1.73. The molecule has 1 fully saturated rings. The van der Waals surface area contributed by atoms with Gasteiger partial charge in [-0.05, 0) is 48.5 Å². The Morgan fingerprint density at radius 1 is 0.955 bits per heavy atom. The molecule has 22 heavy (non-hydrogen) atoms. The fourth-order valence-corrected chi connectivity index (χ4v) is 2.74. The van der Waals surface area contributed by atoms with Crippen molar-refractivity contribution in [3.8, 4) is 0 Å². The Kier molecular flexibility index (Phi) is 4.20. The largest absolute Gasteiger partial charge is 0.360 e. The van der Waals surface area contributed by atoms with Crippen LogP contribution in [-0.4, -0.2) is 39.0 Å². The number of nitrogens with one attached hydrogen (secondary N) is 1. The Morgan fingerprint density at radius 2 is 1.45 bits per heavy atom. The summed E-state index contributed by atoms with van der Waals surface area (Å²) in [5.74, 6) is -0.404. The molecule has 1 heterocycles.